The van der Waals surface area contributed by atoms with Gasteiger partial charge in [0, 0.05) is 18.2 Å². The SMILES string of the molecule is CCCN(CCON=C1CCc2c1ccc1ccccc21)C(C)C. The maximum absolute atomic E-state index is 5.66. The Balaban J connectivity index is 1.66. The van der Waals surface area contributed by atoms with Crippen LogP contribution >= 0.6 is 0 Å². The van der Waals surface area contributed by atoms with Gasteiger partial charge in [0.1, 0.15) is 6.61 Å². The molecule has 0 amide bonds. The first kappa shape index (κ1) is 17.0. The average molecular weight is 324 g/mol. The fraction of sp³-hybridized carbons (Fsp3) is 0.476. The Morgan fingerprint density at radius 2 is 1.92 bits per heavy atom. The second-order valence-corrected chi connectivity index (χ2v) is 6.81. The molecular formula is C21H28N2O. The molecule has 0 atom stereocenters. The zero-order valence-corrected chi connectivity index (χ0v) is 15.1. The molecule has 128 valence electrons. The quantitative estimate of drug-likeness (QED) is 0.548. The summed E-state index contributed by atoms with van der Waals surface area (Å²) in [6, 6.07) is 13.5. The fourth-order valence-corrected chi connectivity index (χ4v) is 3.55. The van der Waals surface area contributed by atoms with Crippen molar-refractivity contribution in [3.05, 3.63) is 47.5 Å². The van der Waals surface area contributed by atoms with Crippen molar-refractivity contribution in [2.75, 3.05) is 19.7 Å². The summed E-state index contributed by atoms with van der Waals surface area (Å²) in [6.07, 6.45) is 3.21. The predicted molar refractivity (Wildman–Crippen MR) is 102 cm³/mol. The van der Waals surface area contributed by atoms with Gasteiger partial charge in [-0.3, -0.25) is 4.90 Å². The molecule has 0 aromatic heterocycles. The van der Waals surface area contributed by atoms with Crippen LogP contribution in [0.5, 0.6) is 0 Å². The van der Waals surface area contributed by atoms with Crippen LogP contribution in [0.2, 0.25) is 0 Å². The number of nitrogens with zero attached hydrogens (tertiary/aromatic N) is 2. The van der Waals surface area contributed by atoms with Gasteiger partial charge in [0.05, 0.1) is 5.71 Å². The van der Waals surface area contributed by atoms with Crippen LogP contribution in [0.15, 0.2) is 41.6 Å². The molecule has 0 aliphatic heterocycles. The molecule has 0 heterocycles. The lowest BCUT2D eigenvalue weighted by atomic mass is 10.0. The maximum atomic E-state index is 5.66. The van der Waals surface area contributed by atoms with Gasteiger partial charge >= 0.3 is 0 Å². The van der Waals surface area contributed by atoms with Crippen molar-refractivity contribution in [3.8, 4) is 0 Å². The van der Waals surface area contributed by atoms with Crippen molar-refractivity contribution in [2.24, 2.45) is 5.16 Å². The Morgan fingerprint density at radius 3 is 2.71 bits per heavy atom. The molecule has 0 N–H and O–H groups in total. The van der Waals surface area contributed by atoms with Crippen molar-refractivity contribution < 1.29 is 4.84 Å². The third kappa shape index (κ3) is 3.62. The highest BCUT2D eigenvalue weighted by atomic mass is 16.6. The zero-order valence-electron chi connectivity index (χ0n) is 15.1. The van der Waals surface area contributed by atoms with E-state index in [-0.39, 0.29) is 0 Å². The van der Waals surface area contributed by atoms with Crippen LogP contribution in [0.1, 0.15) is 44.7 Å². The molecule has 0 saturated carbocycles. The van der Waals surface area contributed by atoms with Crippen LogP contribution in [0, 0.1) is 0 Å². The lowest BCUT2D eigenvalue weighted by Gasteiger charge is -2.25. The monoisotopic (exact) mass is 324 g/mol. The van der Waals surface area contributed by atoms with Crippen molar-refractivity contribution >= 4 is 16.5 Å². The summed E-state index contributed by atoms with van der Waals surface area (Å²) in [5.41, 5.74) is 3.79. The van der Waals surface area contributed by atoms with E-state index in [0.29, 0.717) is 12.6 Å². The lowest BCUT2D eigenvalue weighted by molar-refractivity contribution is 0.0980. The minimum atomic E-state index is 0.555. The number of benzene rings is 2. The van der Waals surface area contributed by atoms with Crippen LogP contribution in [0.25, 0.3) is 10.8 Å². The first-order chi connectivity index (χ1) is 11.7. The molecule has 0 saturated heterocycles. The van der Waals surface area contributed by atoms with Crippen LogP contribution in [0.4, 0.5) is 0 Å². The van der Waals surface area contributed by atoms with E-state index in [2.05, 4.69) is 67.2 Å². The number of fused-ring (bicyclic) bond motifs is 3. The molecule has 3 rings (SSSR count). The summed E-state index contributed by atoms with van der Waals surface area (Å²) >= 11 is 0. The number of oxime groups is 1. The van der Waals surface area contributed by atoms with E-state index in [1.165, 1.54) is 28.3 Å². The Labute approximate surface area is 145 Å². The van der Waals surface area contributed by atoms with Gasteiger partial charge in [0.2, 0.25) is 0 Å². The number of hydrogen-bond acceptors (Lipinski definition) is 3. The van der Waals surface area contributed by atoms with Crippen LogP contribution < -0.4 is 0 Å². The summed E-state index contributed by atoms with van der Waals surface area (Å²) in [7, 11) is 0. The van der Waals surface area contributed by atoms with Gasteiger partial charge in [-0.2, -0.15) is 0 Å². The van der Waals surface area contributed by atoms with E-state index in [4.69, 9.17) is 4.84 Å². The summed E-state index contributed by atoms with van der Waals surface area (Å²) in [4.78, 5) is 8.10. The third-order valence-electron chi connectivity index (χ3n) is 4.85. The van der Waals surface area contributed by atoms with E-state index in [0.717, 1.165) is 31.6 Å². The van der Waals surface area contributed by atoms with Gasteiger partial charge in [-0.1, -0.05) is 48.5 Å². The van der Waals surface area contributed by atoms with Crippen molar-refractivity contribution in [1.82, 2.24) is 4.90 Å². The Morgan fingerprint density at radius 1 is 1.08 bits per heavy atom. The second-order valence-electron chi connectivity index (χ2n) is 6.81. The van der Waals surface area contributed by atoms with E-state index < -0.39 is 0 Å². The minimum Gasteiger partial charge on any atom is -0.394 e. The highest BCUT2D eigenvalue weighted by Crippen LogP contribution is 2.30. The van der Waals surface area contributed by atoms with Gasteiger partial charge in [0.15, 0.2) is 0 Å². The van der Waals surface area contributed by atoms with Crippen molar-refractivity contribution in [3.63, 3.8) is 0 Å². The second kappa shape index (κ2) is 7.80. The van der Waals surface area contributed by atoms with Gasteiger partial charge in [-0.25, -0.2) is 0 Å². The molecule has 0 spiro atoms. The Kier molecular flexibility index (Phi) is 5.52. The van der Waals surface area contributed by atoms with Gasteiger partial charge in [0.25, 0.3) is 0 Å². The first-order valence-corrected chi connectivity index (χ1v) is 9.14. The van der Waals surface area contributed by atoms with Crippen LogP contribution in [-0.4, -0.2) is 36.3 Å². The topological polar surface area (TPSA) is 24.8 Å². The molecule has 0 unspecified atom stereocenters. The van der Waals surface area contributed by atoms with Crippen LogP contribution in [0.3, 0.4) is 0 Å². The summed E-state index contributed by atoms with van der Waals surface area (Å²) in [6.45, 7) is 9.40. The van der Waals surface area contributed by atoms with Crippen LogP contribution in [-0.2, 0) is 11.3 Å². The van der Waals surface area contributed by atoms with Gasteiger partial charge < -0.3 is 4.84 Å². The predicted octanol–water partition coefficient (Wildman–Crippen LogP) is 4.63. The smallest absolute Gasteiger partial charge is 0.129 e. The zero-order chi connectivity index (χ0) is 16.9. The highest BCUT2D eigenvalue weighted by Gasteiger charge is 2.20. The molecule has 0 fully saturated rings. The largest absolute Gasteiger partial charge is 0.394 e. The molecule has 3 nitrogen and oxygen atoms in total. The molecule has 2 aromatic rings. The standard InChI is InChI=1S/C21H28N2O/c1-4-13-23(16(2)3)14-15-24-22-21-12-11-19-18-8-6-5-7-17(18)9-10-20(19)21/h5-10,16H,4,11-15H2,1-3H3. The van der Waals surface area contributed by atoms with E-state index in [9.17, 15) is 0 Å². The minimum absolute atomic E-state index is 0.555. The van der Waals surface area contributed by atoms with E-state index in [1.807, 2.05) is 0 Å². The first-order valence-electron chi connectivity index (χ1n) is 9.14. The number of hydrogen-bond donors (Lipinski definition) is 0. The third-order valence-corrected chi connectivity index (χ3v) is 4.85. The molecule has 24 heavy (non-hydrogen) atoms. The summed E-state index contributed by atoms with van der Waals surface area (Å²) < 4.78 is 0. The van der Waals surface area contributed by atoms with E-state index in [1.54, 1.807) is 0 Å². The molecule has 0 bridgehead atoms. The van der Waals surface area contributed by atoms with E-state index >= 15 is 0 Å². The van der Waals surface area contributed by atoms with Crippen molar-refractivity contribution in [2.45, 2.75) is 46.1 Å². The normalized spacial score (nSPS) is 15.6. The Bertz CT molecular complexity index is 721. The number of rotatable bonds is 7. The molecule has 3 heteroatoms. The molecule has 1 aliphatic rings. The van der Waals surface area contributed by atoms with Crippen molar-refractivity contribution in [1.29, 1.82) is 0 Å². The summed E-state index contributed by atoms with van der Waals surface area (Å²) in [5, 5.41) is 7.12. The lowest BCUT2D eigenvalue weighted by Crippen LogP contribution is -2.34. The highest BCUT2D eigenvalue weighted by molar-refractivity contribution is 6.08. The average Bonchev–Trinajstić information content (AvgIpc) is 3.01. The Hall–Kier alpha value is -1.87. The molecule has 1 aliphatic carbocycles. The molecule has 0 radical (unpaired) electrons. The molecular weight excluding hydrogens is 296 g/mol. The summed E-state index contributed by atoms with van der Waals surface area (Å²) in [5.74, 6) is 0. The molecule has 2 aromatic carbocycles. The van der Waals surface area contributed by atoms with Gasteiger partial charge in [-0.15, -0.1) is 0 Å². The maximum Gasteiger partial charge on any atom is 0.129 e. The van der Waals surface area contributed by atoms with Gasteiger partial charge in [-0.05, 0) is 56.0 Å². The number of aryl methyl sites for hydroxylation is 1. The fourth-order valence-electron chi connectivity index (χ4n) is 3.55.